The number of benzene rings is 2. The van der Waals surface area contributed by atoms with Crippen LogP contribution in [0.15, 0.2) is 48.5 Å². The molecule has 0 amide bonds. The quantitative estimate of drug-likeness (QED) is 0.648. The normalized spacial score (nSPS) is 17.1. The summed E-state index contributed by atoms with van der Waals surface area (Å²) in [4.78, 5) is 2.43. The summed E-state index contributed by atoms with van der Waals surface area (Å²) in [7, 11) is 0. The highest BCUT2D eigenvalue weighted by Crippen LogP contribution is 2.32. The number of nitrogens with one attached hydrogen (secondary N) is 1. The molecule has 4 nitrogen and oxygen atoms in total. The Kier molecular flexibility index (Phi) is 6.99. The fourth-order valence-corrected chi connectivity index (χ4v) is 3.63. The minimum Gasteiger partial charge on any atom is -0.487 e. The van der Waals surface area contributed by atoms with Gasteiger partial charge in [-0.3, -0.25) is 0 Å². The maximum Gasteiger partial charge on any atom is 0.143 e. The minimum absolute atomic E-state index is 0.236. The van der Waals surface area contributed by atoms with Crippen molar-refractivity contribution in [1.82, 2.24) is 0 Å². The van der Waals surface area contributed by atoms with E-state index in [4.69, 9.17) is 9.47 Å². The maximum absolute atomic E-state index is 5.93. The molecular weight excluding hydrogens is 336 g/mol. The van der Waals surface area contributed by atoms with E-state index in [-0.39, 0.29) is 12.2 Å². The van der Waals surface area contributed by atoms with Gasteiger partial charge in [0.15, 0.2) is 0 Å². The Morgan fingerprint density at radius 2 is 1.96 bits per heavy atom. The fraction of sp³-hybridized carbons (Fsp3) is 0.478. The molecule has 0 spiro atoms. The topological polar surface area (TPSA) is 33.7 Å². The SMILES string of the molecule is CCOC(C)Cc1ccc(NCCCN2CC(C)Oc3ccccc32)cc1. The Balaban J connectivity index is 1.44. The number of para-hydroxylation sites is 2. The third-order valence-corrected chi connectivity index (χ3v) is 4.87. The predicted molar refractivity (Wildman–Crippen MR) is 113 cm³/mol. The minimum atomic E-state index is 0.236. The van der Waals surface area contributed by atoms with E-state index in [2.05, 4.69) is 66.5 Å². The molecule has 0 saturated carbocycles. The van der Waals surface area contributed by atoms with Gasteiger partial charge in [-0.1, -0.05) is 24.3 Å². The van der Waals surface area contributed by atoms with Crippen LogP contribution in [-0.4, -0.2) is 38.4 Å². The zero-order chi connectivity index (χ0) is 19.1. The van der Waals surface area contributed by atoms with Crippen molar-refractivity contribution < 1.29 is 9.47 Å². The molecule has 27 heavy (non-hydrogen) atoms. The van der Waals surface area contributed by atoms with E-state index in [1.54, 1.807) is 0 Å². The molecule has 1 N–H and O–H groups in total. The van der Waals surface area contributed by atoms with Gasteiger partial charge in [-0.05, 0) is 63.4 Å². The standard InChI is InChI=1S/C23H32N2O2/c1-4-26-18(2)16-20-10-12-21(13-11-20)24-14-7-15-25-17-19(3)27-23-9-6-5-8-22(23)25/h5-6,8-13,18-19,24H,4,7,14-17H2,1-3H3. The smallest absolute Gasteiger partial charge is 0.143 e. The molecule has 2 atom stereocenters. The van der Waals surface area contributed by atoms with Gasteiger partial charge in [0.25, 0.3) is 0 Å². The van der Waals surface area contributed by atoms with E-state index in [1.807, 2.05) is 13.0 Å². The average Bonchev–Trinajstić information content (AvgIpc) is 2.66. The van der Waals surface area contributed by atoms with Gasteiger partial charge in [0.1, 0.15) is 11.9 Å². The van der Waals surface area contributed by atoms with Gasteiger partial charge in [0.2, 0.25) is 0 Å². The first-order chi connectivity index (χ1) is 13.2. The van der Waals surface area contributed by atoms with Crippen LogP contribution >= 0.6 is 0 Å². The molecule has 2 unspecified atom stereocenters. The van der Waals surface area contributed by atoms with Crippen LogP contribution in [-0.2, 0) is 11.2 Å². The first-order valence-corrected chi connectivity index (χ1v) is 10.1. The number of rotatable bonds is 9. The number of nitrogens with zero attached hydrogens (tertiary/aromatic N) is 1. The van der Waals surface area contributed by atoms with Crippen molar-refractivity contribution in [2.75, 3.05) is 36.5 Å². The van der Waals surface area contributed by atoms with Crippen LogP contribution in [0, 0.1) is 0 Å². The van der Waals surface area contributed by atoms with Crippen LogP contribution in [0.5, 0.6) is 5.75 Å². The lowest BCUT2D eigenvalue weighted by molar-refractivity contribution is 0.0768. The van der Waals surface area contributed by atoms with Gasteiger partial charge in [-0.2, -0.15) is 0 Å². The third-order valence-electron chi connectivity index (χ3n) is 4.87. The Bertz CT molecular complexity index is 702. The molecule has 0 bridgehead atoms. The molecule has 146 valence electrons. The molecule has 4 heteroatoms. The van der Waals surface area contributed by atoms with Gasteiger partial charge in [-0.25, -0.2) is 0 Å². The molecule has 0 aliphatic carbocycles. The van der Waals surface area contributed by atoms with Crippen LogP contribution < -0.4 is 15.0 Å². The van der Waals surface area contributed by atoms with Crippen molar-refractivity contribution in [3.8, 4) is 5.75 Å². The number of hydrogen-bond acceptors (Lipinski definition) is 4. The highest BCUT2D eigenvalue weighted by Gasteiger charge is 2.21. The molecular formula is C23H32N2O2. The largest absolute Gasteiger partial charge is 0.487 e. The predicted octanol–water partition coefficient (Wildman–Crippen LogP) is 4.74. The van der Waals surface area contributed by atoms with Gasteiger partial charge >= 0.3 is 0 Å². The zero-order valence-corrected chi connectivity index (χ0v) is 16.8. The molecule has 1 aliphatic heterocycles. The molecule has 0 saturated heterocycles. The Hall–Kier alpha value is -2.20. The average molecular weight is 369 g/mol. The second-order valence-corrected chi connectivity index (χ2v) is 7.29. The van der Waals surface area contributed by atoms with Crippen LogP contribution in [0.3, 0.4) is 0 Å². The summed E-state index contributed by atoms with van der Waals surface area (Å²) in [6.07, 6.45) is 2.56. The zero-order valence-electron chi connectivity index (χ0n) is 16.8. The van der Waals surface area contributed by atoms with Crippen molar-refractivity contribution in [3.63, 3.8) is 0 Å². The molecule has 1 aliphatic rings. The summed E-state index contributed by atoms with van der Waals surface area (Å²) in [5.41, 5.74) is 3.71. The van der Waals surface area contributed by atoms with E-state index >= 15 is 0 Å². The molecule has 0 aromatic heterocycles. The van der Waals surface area contributed by atoms with Crippen molar-refractivity contribution in [1.29, 1.82) is 0 Å². The number of fused-ring (bicyclic) bond motifs is 1. The Morgan fingerprint density at radius 3 is 2.74 bits per heavy atom. The van der Waals surface area contributed by atoms with Crippen molar-refractivity contribution in [2.24, 2.45) is 0 Å². The fourth-order valence-electron chi connectivity index (χ4n) is 3.63. The van der Waals surface area contributed by atoms with Crippen molar-refractivity contribution in [3.05, 3.63) is 54.1 Å². The van der Waals surface area contributed by atoms with E-state index in [9.17, 15) is 0 Å². The van der Waals surface area contributed by atoms with E-state index < -0.39 is 0 Å². The summed E-state index contributed by atoms with van der Waals surface area (Å²) in [5, 5.41) is 3.54. The van der Waals surface area contributed by atoms with Gasteiger partial charge in [0.05, 0.1) is 18.3 Å². The second kappa shape index (κ2) is 9.65. The van der Waals surface area contributed by atoms with Crippen LogP contribution in [0.25, 0.3) is 0 Å². The summed E-state index contributed by atoms with van der Waals surface area (Å²) < 4.78 is 11.5. The number of ether oxygens (including phenoxy) is 2. The van der Waals surface area contributed by atoms with Crippen LogP contribution in [0.1, 0.15) is 32.8 Å². The third kappa shape index (κ3) is 5.64. The van der Waals surface area contributed by atoms with E-state index in [1.165, 1.54) is 16.9 Å². The summed E-state index contributed by atoms with van der Waals surface area (Å²) in [6.45, 7) is 10.0. The van der Waals surface area contributed by atoms with E-state index in [0.29, 0.717) is 0 Å². The summed E-state index contributed by atoms with van der Waals surface area (Å²) in [6, 6.07) is 17.0. The lowest BCUT2D eigenvalue weighted by atomic mass is 10.1. The van der Waals surface area contributed by atoms with Crippen molar-refractivity contribution in [2.45, 2.75) is 45.8 Å². The molecule has 2 aromatic carbocycles. The lowest BCUT2D eigenvalue weighted by Gasteiger charge is -2.35. The molecule has 0 fully saturated rings. The highest BCUT2D eigenvalue weighted by atomic mass is 16.5. The van der Waals surface area contributed by atoms with Gasteiger partial charge in [-0.15, -0.1) is 0 Å². The van der Waals surface area contributed by atoms with Crippen molar-refractivity contribution >= 4 is 11.4 Å². The Morgan fingerprint density at radius 1 is 1.19 bits per heavy atom. The second-order valence-electron chi connectivity index (χ2n) is 7.29. The molecule has 3 rings (SSSR count). The van der Waals surface area contributed by atoms with Crippen LogP contribution in [0.2, 0.25) is 0 Å². The first-order valence-electron chi connectivity index (χ1n) is 10.1. The van der Waals surface area contributed by atoms with Crippen LogP contribution in [0.4, 0.5) is 11.4 Å². The lowest BCUT2D eigenvalue weighted by Crippen LogP contribution is -2.39. The summed E-state index contributed by atoms with van der Waals surface area (Å²) >= 11 is 0. The van der Waals surface area contributed by atoms with Gasteiger partial charge in [0, 0.05) is 25.4 Å². The van der Waals surface area contributed by atoms with Gasteiger partial charge < -0.3 is 19.7 Å². The highest BCUT2D eigenvalue weighted by molar-refractivity contribution is 5.60. The van der Waals surface area contributed by atoms with E-state index in [0.717, 1.165) is 44.8 Å². The number of hydrogen-bond donors (Lipinski definition) is 1. The molecule has 2 aromatic rings. The Labute approximate surface area is 163 Å². The number of anilines is 2. The molecule has 1 heterocycles. The summed E-state index contributed by atoms with van der Waals surface area (Å²) in [5.74, 6) is 1.00. The first kappa shape index (κ1) is 19.6. The maximum atomic E-state index is 5.93. The molecule has 0 radical (unpaired) electrons. The monoisotopic (exact) mass is 368 g/mol.